The maximum atomic E-state index is 13.4. The Hall–Kier alpha value is -2.75. The number of hydrogen-bond donors (Lipinski definition) is 0. The van der Waals surface area contributed by atoms with Crippen molar-refractivity contribution < 1.29 is 9.53 Å². The summed E-state index contributed by atoms with van der Waals surface area (Å²) in [6.45, 7) is 2.77. The SMILES string of the molecule is CCOc1ccccc1N(C/C=C/c1ccccc1)C(=O)c1ccc(Cl)cc1Cl. The van der Waals surface area contributed by atoms with E-state index < -0.39 is 0 Å². The van der Waals surface area contributed by atoms with Gasteiger partial charge in [0.15, 0.2) is 0 Å². The van der Waals surface area contributed by atoms with Crippen molar-refractivity contribution in [1.82, 2.24) is 0 Å². The van der Waals surface area contributed by atoms with E-state index in [9.17, 15) is 4.79 Å². The van der Waals surface area contributed by atoms with Crippen LogP contribution in [0.4, 0.5) is 5.69 Å². The lowest BCUT2D eigenvalue weighted by Gasteiger charge is -2.24. The zero-order chi connectivity index (χ0) is 20.6. The van der Waals surface area contributed by atoms with Gasteiger partial charge in [0.2, 0.25) is 0 Å². The second-order valence-corrected chi connectivity index (χ2v) is 7.10. The number of carbonyl (C=O) groups excluding carboxylic acids is 1. The highest BCUT2D eigenvalue weighted by Crippen LogP contribution is 2.31. The molecule has 0 saturated carbocycles. The normalized spacial score (nSPS) is 10.9. The maximum Gasteiger partial charge on any atom is 0.260 e. The van der Waals surface area contributed by atoms with E-state index in [1.54, 1.807) is 23.1 Å². The number of rotatable bonds is 7. The minimum Gasteiger partial charge on any atom is -0.492 e. The Kier molecular flexibility index (Phi) is 7.34. The number of nitrogens with zero attached hydrogens (tertiary/aromatic N) is 1. The summed E-state index contributed by atoms with van der Waals surface area (Å²) in [5, 5.41) is 0.796. The molecule has 0 bridgehead atoms. The van der Waals surface area contributed by atoms with Gasteiger partial charge in [-0.2, -0.15) is 0 Å². The molecule has 0 unspecified atom stereocenters. The largest absolute Gasteiger partial charge is 0.492 e. The molecule has 0 aliphatic rings. The van der Waals surface area contributed by atoms with Crippen LogP contribution in [0.15, 0.2) is 78.9 Å². The zero-order valence-corrected chi connectivity index (χ0v) is 17.5. The first-order chi connectivity index (χ1) is 14.1. The fraction of sp³-hybridized carbons (Fsp3) is 0.125. The summed E-state index contributed by atoms with van der Waals surface area (Å²) in [7, 11) is 0. The van der Waals surface area contributed by atoms with Gasteiger partial charge >= 0.3 is 0 Å². The number of ether oxygens (including phenoxy) is 1. The Balaban J connectivity index is 1.97. The average molecular weight is 426 g/mol. The topological polar surface area (TPSA) is 29.5 Å². The summed E-state index contributed by atoms with van der Waals surface area (Å²) in [5.41, 5.74) is 2.13. The van der Waals surface area contributed by atoms with E-state index in [2.05, 4.69) is 0 Å². The van der Waals surface area contributed by atoms with Crippen molar-refractivity contribution in [2.45, 2.75) is 6.92 Å². The smallest absolute Gasteiger partial charge is 0.260 e. The van der Waals surface area contributed by atoms with Crippen LogP contribution in [-0.4, -0.2) is 19.1 Å². The molecule has 1 amide bonds. The molecule has 0 heterocycles. The molecular formula is C24H21Cl2NO2. The average Bonchev–Trinajstić information content (AvgIpc) is 2.72. The standard InChI is InChI=1S/C24H21Cl2NO2/c1-2-29-23-13-7-6-12-22(23)27(16-8-11-18-9-4-3-5-10-18)24(28)20-15-14-19(25)17-21(20)26/h3-15,17H,2,16H2,1H3/b11-8+. The van der Waals surface area contributed by atoms with Gasteiger partial charge in [0.25, 0.3) is 5.91 Å². The van der Waals surface area contributed by atoms with Crippen molar-refractivity contribution in [2.24, 2.45) is 0 Å². The Morgan fingerprint density at radius 3 is 2.45 bits per heavy atom. The number of halogens is 2. The number of carbonyl (C=O) groups is 1. The summed E-state index contributed by atoms with van der Waals surface area (Å²) in [6.07, 6.45) is 3.92. The van der Waals surface area contributed by atoms with Gasteiger partial charge in [0.1, 0.15) is 5.75 Å². The quantitative estimate of drug-likeness (QED) is 0.418. The number of para-hydroxylation sites is 2. The molecule has 0 saturated heterocycles. The van der Waals surface area contributed by atoms with E-state index in [0.29, 0.717) is 40.2 Å². The lowest BCUT2D eigenvalue weighted by molar-refractivity contribution is 0.0989. The van der Waals surface area contributed by atoms with Crippen LogP contribution in [0.2, 0.25) is 10.0 Å². The predicted octanol–water partition coefficient (Wildman–Crippen LogP) is 6.75. The summed E-state index contributed by atoms with van der Waals surface area (Å²) in [4.78, 5) is 15.0. The van der Waals surface area contributed by atoms with E-state index in [4.69, 9.17) is 27.9 Å². The summed E-state index contributed by atoms with van der Waals surface area (Å²) >= 11 is 12.3. The van der Waals surface area contributed by atoms with Crippen LogP contribution >= 0.6 is 23.2 Å². The van der Waals surface area contributed by atoms with E-state index >= 15 is 0 Å². The Morgan fingerprint density at radius 2 is 1.72 bits per heavy atom. The minimum atomic E-state index is -0.225. The molecule has 0 radical (unpaired) electrons. The predicted molar refractivity (Wildman–Crippen MR) is 121 cm³/mol. The molecule has 3 aromatic rings. The molecule has 3 rings (SSSR count). The van der Waals surface area contributed by atoms with Crippen LogP contribution in [0.5, 0.6) is 5.75 Å². The van der Waals surface area contributed by atoms with Crippen molar-refractivity contribution in [2.75, 3.05) is 18.1 Å². The van der Waals surface area contributed by atoms with Crippen molar-refractivity contribution >= 4 is 40.9 Å². The van der Waals surface area contributed by atoms with E-state index in [1.807, 2.05) is 73.7 Å². The van der Waals surface area contributed by atoms with Crippen LogP contribution < -0.4 is 9.64 Å². The summed E-state index contributed by atoms with van der Waals surface area (Å²) in [6, 6.07) is 22.3. The molecule has 0 aliphatic carbocycles. The highest BCUT2D eigenvalue weighted by molar-refractivity contribution is 6.37. The highest BCUT2D eigenvalue weighted by atomic mass is 35.5. The van der Waals surface area contributed by atoms with Crippen LogP contribution in [-0.2, 0) is 0 Å². The lowest BCUT2D eigenvalue weighted by atomic mass is 10.1. The van der Waals surface area contributed by atoms with Gasteiger partial charge in [-0.25, -0.2) is 0 Å². The molecule has 0 N–H and O–H groups in total. The molecule has 0 fully saturated rings. The molecule has 0 atom stereocenters. The molecular weight excluding hydrogens is 405 g/mol. The first-order valence-corrected chi connectivity index (χ1v) is 10.1. The number of anilines is 1. The molecule has 0 aliphatic heterocycles. The van der Waals surface area contributed by atoms with Crippen LogP contribution in [0, 0.1) is 0 Å². The molecule has 29 heavy (non-hydrogen) atoms. The molecule has 3 aromatic carbocycles. The van der Waals surface area contributed by atoms with Crippen LogP contribution in [0.1, 0.15) is 22.8 Å². The number of hydrogen-bond acceptors (Lipinski definition) is 2. The van der Waals surface area contributed by atoms with Gasteiger partial charge in [-0.1, -0.05) is 77.8 Å². The Morgan fingerprint density at radius 1 is 1.00 bits per heavy atom. The Labute approximate surface area is 181 Å². The van der Waals surface area contributed by atoms with Gasteiger partial charge in [-0.3, -0.25) is 4.79 Å². The monoisotopic (exact) mass is 425 g/mol. The first kappa shape index (κ1) is 21.0. The molecule has 0 aromatic heterocycles. The van der Waals surface area contributed by atoms with Gasteiger partial charge in [0, 0.05) is 11.6 Å². The van der Waals surface area contributed by atoms with Gasteiger partial charge in [0.05, 0.1) is 22.9 Å². The molecule has 3 nitrogen and oxygen atoms in total. The van der Waals surface area contributed by atoms with Crippen molar-refractivity contribution in [3.05, 3.63) is 100 Å². The fourth-order valence-corrected chi connectivity index (χ4v) is 3.40. The van der Waals surface area contributed by atoms with Crippen LogP contribution in [0.3, 0.4) is 0 Å². The lowest BCUT2D eigenvalue weighted by Crippen LogP contribution is -2.31. The van der Waals surface area contributed by atoms with Crippen molar-refractivity contribution in [1.29, 1.82) is 0 Å². The summed E-state index contributed by atoms with van der Waals surface area (Å²) in [5.74, 6) is 0.415. The second kappa shape index (κ2) is 10.1. The Bertz CT molecular complexity index is 1000. The molecule has 5 heteroatoms. The van der Waals surface area contributed by atoms with Gasteiger partial charge in [-0.15, -0.1) is 0 Å². The number of benzene rings is 3. The third-order valence-corrected chi connectivity index (χ3v) is 4.81. The number of amides is 1. The highest BCUT2D eigenvalue weighted by Gasteiger charge is 2.22. The molecule has 0 spiro atoms. The van der Waals surface area contributed by atoms with Crippen LogP contribution in [0.25, 0.3) is 6.08 Å². The maximum absolute atomic E-state index is 13.4. The van der Waals surface area contributed by atoms with Crippen molar-refractivity contribution in [3.8, 4) is 5.75 Å². The zero-order valence-electron chi connectivity index (χ0n) is 16.0. The van der Waals surface area contributed by atoms with E-state index in [1.165, 1.54) is 0 Å². The third kappa shape index (κ3) is 5.41. The van der Waals surface area contributed by atoms with E-state index in [-0.39, 0.29) is 5.91 Å². The van der Waals surface area contributed by atoms with Crippen molar-refractivity contribution in [3.63, 3.8) is 0 Å². The van der Waals surface area contributed by atoms with E-state index in [0.717, 1.165) is 5.56 Å². The van der Waals surface area contributed by atoms with Gasteiger partial charge < -0.3 is 9.64 Å². The second-order valence-electron chi connectivity index (χ2n) is 6.25. The fourth-order valence-electron chi connectivity index (χ4n) is 2.92. The molecule has 148 valence electrons. The minimum absolute atomic E-state index is 0.225. The van der Waals surface area contributed by atoms with Gasteiger partial charge in [-0.05, 0) is 42.8 Å². The first-order valence-electron chi connectivity index (χ1n) is 9.30. The summed E-state index contributed by atoms with van der Waals surface area (Å²) < 4.78 is 5.75. The third-order valence-electron chi connectivity index (χ3n) is 4.26.